The van der Waals surface area contributed by atoms with E-state index in [0.29, 0.717) is 24.1 Å². The molecule has 1 aliphatic heterocycles. The minimum Gasteiger partial charge on any atom is -0.496 e. The highest BCUT2D eigenvalue weighted by atomic mass is 127. The Bertz CT molecular complexity index is 784. The van der Waals surface area contributed by atoms with Crippen LogP contribution in [-0.4, -0.2) is 37.5 Å². The largest absolute Gasteiger partial charge is 0.496 e. The SMILES string of the molecule is COc1cc(CCN2C(=O)c3ccccc3C2=O)c(OC)cc1I. The molecule has 0 aliphatic carbocycles. The van der Waals surface area contributed by atoms with Gasteiger partial charge in [-0.05, 0) is 58.8 Å². The second-order valence-corrected chi connectivity index (χ2v) is 6.52. The smallest absolute Gasteiger partial charge is 0.261 e. The van der Waals surface area contributed by atoms with Gasteiger partial charge in [-0.15, -0.1) is 0 Å². The van der Waals surface area contributed by atoms with Crippen LogP contribution >= 0.6 is 22.6 Å². The van der Waals surface area contributed by atoms with E-state index >= 15 is 0 Å². The first-order valence-corrected chi connectivity index (χ1v) is 8.50. The lowest BCUT2D eigenvalue weighted by Gasteiger charge is -2.16. The molecule has 0 aromatic heterocycles. The normalized spacial score (nSPS) is 13.2. The van der Waals surface area contributed by atoms with Crippen LogP contribution in [0.5, 0.6) is 11.5 Å². The highest BCUT2D eigenvalue weighted by Gasteiger charge is 2.34. The minimum atomic E-state index is -0.243. The molecule has 0 fully saturated rings. The molecule has 2 aromatic carbocycles. The van der Waals surface area contributed by atoms with Crippen LogP contribution in [0.15, 0.2) is 36.4 Å². The first kappa shape index (κ1) is 16.8. The average Bonchev–Trinajstić information content (AvgIpc) is 2.85. The van der Waals surface area contributed by atoms with Crippen molar-refractivity contribution >= 4 is 34.4 Å². The number of methoxy groups -OCH3 is 2. The van der Waals surface area contributed by atoms with Gasteiger partial charge in [-0.2, -0.15) is 0 Å². The molecule has 5 nitrogen and oxygen atoms in total. The molecule has 6 heteroatoms. The van der Waals surface area contributed by atoms with E-state index in [4.69, 9.17) is 9.47 Å². The topological polar surface area (TPSA) is 55.8 Å². The minimum absolute atomic E-state index is 0.243. The third-order valence-electron chi connectivity index (χ3n) is 4.04. The van der Waals surface area contributed by atoms with Gasteiger partial charge in [-0.1, -0.05) is 12.1 Å². The fourth-order valence-electron chi connectivity index (χ4n) is 2.79. The van der Waals surface area contributed by atoms with Gasteiger partial charge in [0.15, 0.2) is 0 Å². The molecule has 24 heavy (non-hydrogen) atoms. The second-order valence-electron chi connectivity index (χ2n) is 5.36. The van der Waals surface area contributed by atoms with Gasteiger partial charge in [0.2, 0.25) is 0 Å². The zero-order valence-corrected chi connectivity index (χ0v) is 15.5. The highest BCUT2D eigenvalue weighted by molar-refractivity contribution is 14.1. The number of hydrogen-bond acceptors (Lipinski definition) is 4. The maximum atomic E-state index is 12.4. The number of hydrogen-bond donors (Lipinski definition) is 0. The summed E-state index contributed by atoms with van der Waals surface area (Å²) in [5.74, 6) is 0.977. The number of amides is 2. The Hall–Kier alpha value is -2.09. The molecule has 2 aromatic rings. The maximum absolute atomic E-state index is 12.4. The molecule has 0 spiro atoms. The summed E-state index contributed by atoms with van der Waals surface area (Å²) in [5.41, 5.74) is 1.83. The van der Waals surface area contributed by atoms with Crippen LogP contribution in [0, 0.1) is 3.57 Å². The fourth-order valence-corrected chi connectivity index (χ4v) is 3.45. The van der Waals surface area contributed by atoms with Crippen molar-refractivity contribution in [3.63, 3.8) is 0 Å². The molecule has 0 bridgehead atoms. The van der Waals surface area contributed by atoms with Crippen LogP contribution in [0.25, 0.3) is 0 Å². The number of ether oxygens (including phenoxy) is 2. The van der Waals surface area contributed by atoms with Crippen LogP contribution < -0.4 is 9.47 Å². The van der Waals surface area contributed by atoms with Crippen LogP contribution in [0.4, 0.5) is 0 Å². The summed E-state index contributed by atoms with van der Waals surface area (Å²) >= 11 is 2.18. The molecular weight excluding hydrogens is 421 g/mol. The number of rotatable bonds is 5. The number of nitrogens with zero attached hydrogens (tertiary/aromatic N) is 1. The van der Waals surface area contributed by atoms with Crippen LogP contribution in [0.2, 0.25) is 0 Å². The van der Waals surface area contributed by atoms with Gasteiger partial charge in [0.05, 0.1) is 28.9 Å². The standard InChI is InChI=1S/C18H16INO4/c1-23-15-10-14(19)16(24-2)9-11(15)7-8-20-17(21)12-5-3-4-6-13(12)18(20)22/h3-6,9-10H,7-8H2,1-2H3. The molecule has 1 aliphatic rings. The van der Waals surface area contributed by atoms with E-state index in [1.807, 2.05) is 12.1 Å². The summed E-state index contributed by atoms with van der Waals surface area (Å²) < 4.78 is 11.7. The van der Waals surface area contributed by atoms with E-state index in [9.17, 15) is 9.59 Å². The Morgan fingerprint density at radius 2 is 1.54 bits per heavy atom. The summed E-state index contributed by atoms with van der Waals surface area (Å²) in [6, 6.07) is 10.7. The second kappa shape index (κ2) is 6.80. The Labute approximate surface area is 153 Å². The summed E-state index contributed by atoms with van der Waals surface area (Å²) in [7, 11) is 3.21. The maximum Gasteiger partial charge on any atom is 0.261 e. The van der Waals surface area contributed by atoms with E-state index in [-0.39, 0.29) is 11.8 Å². The lowest BCUT2D eigenvalue weighted by atomic mass is 10.1. The first-order chi connectivity index (χ1) is 11.6. The van der Waals surface area contributed by atoms with E-state index in [1.54, 1.807) is 38.5 Å². The third-order valence-corrected chi connectivity index (χ3v) is 4.88. The molecule has 1 heterocycles. The van der Waals surface area contributed by atoms with Crippen LogP contribution in [-0.2, 0) is 6.42 Å². The fraction of sp³-hybridized carbons (Fsp3) is 0.222. The van der Waals surface area contributed by atoms with E-state index in [2.05, 4.69) is 22.6 Å². The van der Waals surface area contributed by atoms with Gasteiger partial charge >= 0.3 is 0 Å². The predicted molar refractivity (Wildman–Crippen MR) is 97.8 cm³/mol. The molecule has 2 amide bonds. The van der Waals surface area contributed by atoms with Crippen molar-refractivity contribution in [1.82, 2.24) is 4.90 Å². The molecule has 0 unspecified atom stereocenters. The molecule has 0 saturated heterocycles. The van der Waals surface area contributed by atoms with E-state index < -0.39 is 0 Å². The number of carbonyl (C=O) groups is 2. The quantitative estimate of drug-likeness (QED) is 0.533. The van der Waals surface area contributed by atoms with Gasteiger partial charge < -0.3 is 9.47 Å². The third kappa shape index (κ3) is 2.86. The van der Waals surface area contributed by atoms with Crippen molar-refractivity contribution in [3.05, 3.63) is 56.7 Å². The summed E-state index contributed by atoms with van der Waals surface area (Å²) in [6.45, 7) is 0.298. The molecule has 0 N–H and O–H groups in total. The first-order valence-electron chi connectivity index (χ1n) is 7.42. The van der Waals surface area contributed by atoms with Crippen molar-refractivity contribution in [2.75, 3.05) is 20.8 Å². The van der Waals surface area contributed by atoms with Crippen molar-refractivity contribution in [2.45, 2.75) is 6.42 Å². The average molecular weight is 437 g/mol. The molecular formula is C18H16INO4. The lowest BCUT2D eigenvalue weighted by molar-refractivity contribution is 0.0656. The van der Waals surface area contributed by atoms with E-state index in [0.717, 1.165) is 20.6 Å². The highest BCUT2D eigenvalue weighted by Crippen LogP contribution is 2.31. The number of carbonyl (C=O) groups excluding carboxylic acids is 2. The zero-order chi connectivity index (χ0) is 17.3. The van der Waals surface area contributed by atoms with Crippen LogP contribution in [0.1, 0.15) is 26.3 Å². The molecule has 0 atom stereocenters. The summed E-state index contributed by atoms with van der Waals surface area (Å²) in [4.78, 5) is 26.1. The number of benzene rings is 2. The molecule has 124 valence electrons. The number of imide groups is 1. The Morgan fingerprint density at radius 3 is 2.08 bits per heavy atom. The Morgan fingerprint density at radius 1 is 0.958 bits per heavy atom. The number of fused-ring (bicyclic) bond motifs is 1. The molecule has 0 radical (unpaired) electrons. The molecule has 0 saturated carbocycles. The van der Waals surface area contributed by atoms with E-state index in [1.165, 1.54) is 4.90 Å². The van der Waals surface area contributed by atoms with Crippen molar-refractivity contribution in [3.8, 4) is 11.5 Å². The van der Waals surface area contributed by atoms with Gasteiger partial charge in [0.1, 0.15) is 11.5 Å². The van der Waals surface area contributed by atoms with Gasteiger partial charge in [-0.25, -0.2) is 0 Å². The van der Waals surface area contributed by atoms with Crippen LogP contribution in [0.3, 0.4) is 0 Å². The Balaban J connectivity index is 1.82. The summed E-state index contributed by atoms with van der Waals surface area (Å²) in [5, 5.41) is 0. The summed E-state index contributed by atoms with van der Waals surface area (Å²) in [6.07, 6.45) is 0.502. The molecule has 3 rings (SSSR count). The van der Waals surface area contributed by atoms with Gasteiger partial charge in [0, 0.05) is 6.54 Å². The van der Waals surface area contributed by atoms with Crippen molar-refractivity contribution in [1.29, 1.82) is 0 Å². The Kier molecular flexibility index (Phi) is 4.75. The lowest BCUT2D eigenvalue weighted by Crippen LogP contribution is -2.31. The van der Waals surface area contributed by atoms with Crippen molar-refractivity contribution < 1.29 is 19.1 Å². The number of halogens is 1. The van der Waals surface area contributed by atoms with Crippen molar-refractivity contribution in [2.24, 2.45) is 0 Å². The zero-order valence-electron chi connectivity index (χ0n) is 13.3. The predicted octanol–water partition coefficient (Wildman–Crippen LogP) is 3.15. The van der Waals surface area contributed by atoms with Gasteiger partial charge in [0.25, 0.3) is 11.8 Å². The monoisotopic (exact) mass is 437 g/mol. The van der Waals surface area contributed by atoms with Gasteiger partial charge in [-0.3, -0.25) is 14.5 Å².